The highest BCUT2D eigenvalue weighted by Gasteiger charge is 2.17. The molecule has 1 aliphatic carbocycles. The van der Waals surface area contributed by atoms with Gasteiger partial charge in [-0.2, -0.15) is 0 Å². The maximum Gasteiger partial charge on any atom is 0.265 e. The third-order valence-corrected chi connectivity index (χ3v) is 5.47. The highest BCUT2D eigenvalue weighted by molar-refractivity contribution is 9.08. The quantitative estimate of drug-likeness (QED) is 0.794. The first kappa shape index (κ1) is 13.8. The molecular weight excluding hydrogens is 334 g/mol. The summed E-state index contributed by atoms with van der Waals surface area (Å²) in [5.74, 6) is 0.0119. The molecule has 0 atom stereocenters. The van der Waals surface area contributed by atoms with E-state index in [4.69, 9.17) is 0 Å². The molecule has 1 N–H and O–H groups in total. The average Bonchev–Trinajstić information content (AvgIpc) is 2.92. The van der Waals surface area contributed by atoms with Crippen molar-refractivity contribution in [3.63, 3.8) is 0 Å². The molecule has 1 aromatic heterocycles. The Morgan fingerprint density at radius 3 is 2.85 bits per heavy atom. The van der Waals surface area contributed by atoms with Crippen molar-refractivity contribution in [1.29, 1.82) is 0 Å². The Kier molecular flexibility index (Phi) is 4.22. The largest absolute Gasteiger partial charge is 0.321 e. The number of benzene rings is 1. The summed E-state index contributed by atoms with van der Waals surface area (Å²) in [5.41, 5.74) is 3.36. The van der Waals surface area contributed by atoms with Gasteiger partial charge in [0.05, 0.1) is 4.88 Å². The first-order chi connectivity index (χ1) is 9.78. The summed E-state index contributed by atoms with van der Waals surface area (Å²) in [6.07, 6.45) is 4.75. The number of nitrogens with one attached hydrogen (secondary N) is 1. The zero-order valence-electron chi connectivity index (χ0n) is 11.1. The molecule has 0 unspecified atom stereocenters. The number of halogens is 1. The van der Waals surface area contributed by atoms with Gasteiger partial charge in [-0.05, 0) is 48.9 Å². The fourth-order valence-corrected chi connectivity index (χ4v) is 4.18. The lowest BCUT2D eigenvalue weighted by Gasteiger charge is -2.08. The number of para-hydroxylation sites is 1. The van der Waals surface area contributed by atoms with Crippen LogP contribution >= 0.6 is 27.3 Å². The Hall–Kier alpha value is -1.13. The second-order valence-electron chi connectivity index (χ2n) is 5.01. The van der Waals surface area contributed by atoms with Gasteiger partial charge in [-0.25, -0.2) is 0 Å². The van der Waals surface area contributed by atoms with Gasteiger partial charge >= 0.3 is 0 Å². The fourth-order valence-electron chi connectivity index (χ4n) is 2.55. The van der Waals surface area contributed by atoms with Crippen LogP contribution in [-0.4, -0.2) is 5.91 Å². The van der Waals surface area contributed by atoms with Gasteiger partial charge < -0.3 is 5.32 Å². The minimum absolute atomic E-state index is 0.0119. The van der Waals surface area contributed by atoms with E-state index in [-0.39, 0.29) is 5.91 Å². The van der Waals surface area contributed by atoms with Crippen molar-refractivity contribution in [1.82, 2.24) is 0 Å². The molecule has 2 aromatic rings. The Balaban J connectivity index is 1.81. The fraction of sp³-hybridized carbons (Fsp3) is 0.312. The molecule has 0 bridgehead atoms. The number of alkyl halides is 1. The predicted molar refractivity (Wildman–Crippen MR) is 88.0 cm³/mol. The Bertz CT molecular complexity index is 612. The minimum Gasteiger partial charge on any atom is -0.321 e. The molecule has 0 fully saturated rings. The molecule has 0 spiro atoms. The van der Waals surface area contributed by atoms with Crippen LogP contribution in [0.5, 0.6) is 0 Å². The van der Waals surface area contributed by atoms with Crippen LogP contribution in [0.15, 0.2) is 30.3 Å². The van der Waals surface area contributed by atoms with Gasteiger partial charge in [0.2, 0.25) is 0 Å². The van der Waals surface area contributed by atoms with Crippen molar-refractivity contribution in [3.05, 3.63) is 51.2 Å². The molecular formula is C16H16BrNOS. The Labute approximate surface area is 131 Å². The van der Waals surface area contributed by atoms with Gasteiger partial charge in [-0.15, -0.1) is 11.3 Å². The van der Waals surface area contributed by atoms with E-state index < -0.39 is 0 Å². The van der Waals surface area contributed by atoms with Crippen molar-refractivity contribution in [2.45, 2.75) is 31.0 Å². The topological polar surface area (TPSA) is 29.1 Å². The van der Waals surface area contributed by atoms with Gasteiger partial charge in [0.15, 0.2) is 0 Å². The molecule has 104 valence electrons. The Morgan fingerprint density at radius 1 is 1.25 bits per heavy atom. The highest BCUT2D eigenvalue weighted by Crippen LogP contribution is 2.30. The van der Waals surface area contributed by atoms with Crippen LogP contribution in [0.4, 0.5) is 5.69 Å². The zero-order chi connectivity index (χ0) is 13.9. The van der Waals surface area contributed by atoms with Crippen LogP contribution in [0, 0.1) is 0 Å². The van der Waals surface area contributed by atoms with Crippen LogP contribution in [0.3, 0.4) is 0 Å². The standard InChI is InChI=1S/C16H16BrNOS/c17-10-12-6-1-3-7-13(12)18-16(19)15-9-11-5-2-4-8-14(11)20-15/h1,3,6-7,9H,2,4-5,8,10H2,(H,18,19). The van der Waals surface area contributed by atoms with Crippen LogP contribution in [0.2, 0.25) is 0 Å². The molecule has 1 amide bonds. The van der Waals surface area contributed by atoms with Crippen LogP contribution in [-0.2, 0) is 18.2 Å². The summed E-state index contributed by atoms with van der Waals surface area (Å²) in [4.78, 5) is 14.6. The molecule has 3 rings (SSSR count). The molecule has 1 aliphatic rings. The Morgan fingerprint density at radius 2 is 2.05 bits per heavy atom. The number of aryl methyl sites for hydroxylation is 2. The van der Waals surface area contributed by atoms with Crippen molar-refractivity contribution in [2.75, 3.05) is 5.32 Å². The number of carbonyl (C=O) groups excluding carboxylic acids is 1. The number of amides is 1. The van der Waals surface area contributed by atoms with Gasteiger partial charge in [-0.3, -0.25) is 4.79 Å². The van der Waals surface area contributed by atoms with Crippen molar-refractivity contribution in [3.8, 4) is 0 Å². The van der Waals surface area contributed by atoms with E-state index in [0.717, 1.165) is 34.3 Å². The average molecular weight is 350 g/mol. The second kappa shape index (κ2) is 6.10. The highest BCUT2D eigenvalue weighted by atomic mass is 79.9. The smallest absolute Gasteiger partial charge is 0.265 e. The van der Waals surface area contributed by atoms with E-state index in [2.05, 4.69) is 27.3 Å². The summed E-state index contributed by atoms with van der Waals surface area (Å²) >= 11 is 5.10. The molecule has 1 heterocycles. The van der Waals surface area contributed by atoms with E-state index in [1.54, 1.807) is 11.3 Å². The summed E-state index contributed by atoms with van der Waals surface area (Å²) in [7, 11) is 0. The van der Waals surface area contributed by atoms with Crippen molar-refractivity contribution < 1.29 is 4.79 Å². The van der Waals surface area contributed by atoms with Gasteiger partial charge in [0.1, 0.15) is 0 Å². The predicted octanol–water partition coefficient (Wildman–Crippen LogP) is 4.77. The summed E-state index contributed by atoms with van der Waals surface area (Å²) in [6.45, 7) is 0. The van der Waals surface area contributed by atoms with E-state index in [0.29, 0.717) is 0 Å². The lowest BCUT2D eigenvalue weighted by molar-refractivity contribution is 0.103. The van der Waals surface area contributed by atoms with E-state index in [9.17, 15) is 4.79 Å². The zero-order valence-corrected chi connectivity index (χ0v) is 13.5. The van der Waals surface area contributed by atoms with Gasteiger partial charge in [0, 0.05) is 15.9 Å². The van der Waals surface area contributed by atoms with Crippen molar-refractivity contribution >= 4 is 38.9 Å². The third-order valence-electron chi connectivity index (χ3n) is 3.63. The number of hydrogen-bond acceptors (Lipinski definition) is 2. The first-order valence-electron chi connectivity index (χ1n) is 6.84. The second-order valence-corrected chi connectivity index (χ2v) is 6.71. The SMILES string of the molecule is O=C(Nc1ccccc1CBr)c1cc2c(s1)CCCC2. The summed E-state index contributed by atoms with van der Waals surface area (Å²) in [5, 5.41) is 3.77. The maximum absolute atomic E-state index is 12.4. The normalized spacial score (nSPS) is 13.8. The molecule has 0 saturated carbocycles. The number of anilines is 1. The summed E-state index contributed by atoms with van der Waals surface area (Å²) < 4.78 is 0. The van der Waals surface area contributed by atoms with E-state index >= 15 is 0 Å². The number of fused-ring (bicyclic) bond motifs is 1. The van der Waals surface area contributed by atoms with Gasteiger partial charge in [-0.1, -0.05) is 34.1 Å². The maximum atomic E-state index is 12.4. The lowest BCUT2D eigenvalue weighted by Crippen LogP contribution is -2.11. The first-order valence-corrected chi connectivity index (χ1v) is 8.78. The molecule has 0 radical (unpaired) electrons. The lowest BCUT2D eigenvalue weighted by atomic mass is 9.99. The molecule has 2 nitrogen and oxygen atoms in total. The van der Waals surface area contributed by atoms with Crippen LogP contribution in [0.1, 0.15) is 38.5 Å². The van der Waals surface area contributed by atoms with Crippen molar-refractivity contribution in [2.24, 2.45) is 0 Å². The number of thiophene rings is 1. The van der Waals surface area contributed by atoms with E-state index in [1.165, 1.54) is 23.3 Å². The molecule has 20 heavy (non-hydrogen) atoms. The third kappa shape index (κ3) is 2.81. The van der Waals surface area contributed by atoms with Gasteiger partial charge in [0.25, 0.3) is 5.91 Å². The molecule has 4 heteroatoms. The molecule has 0 aliphatic heterocycles. The number of rotatable bonds is 3. The number of hydrogen-bond donors (Lipinski definition) is 1. The van der Waals surface area contributed by atoms with E-state index in [1.807, 2.05) is 24.3 Å². The monoisotopic (exact) mass is 349 g/mol. The molecule has 0 saturated heterocycles. The van der Waals surface area contributed by atoms with Crippen LogP contribution in [0.25, 0.3) is 0 Å². The van der Waals surface area contributed by atoms with Crippen LogP contribution < -0.4 is 5.32 Å². The summed E-state index contributed by atoms with van der Waals surface area (Å²) in [6, 6.07) is 9.97. The molecule has 1 aromatic carbocycles. The number of carbonyl (C=O) groups is 1. The minimum atomic E-state index is 0.0119.